The van der Waals surface area contributed by atoms with Crippen molar-refractivity contribution in [1.29, 1.82) is 0 Å². The van der Waals surface area contributed by atoms with E-state index >= 15 is 0 Å². The Hall–Kier alpha value is -2.02. The summed E-state index contributed by atoms with van der Waals surface area (Å²) in [5.74, 6) is -1.12. The van der Waals surface area contributed by atoms with Gasteiger partial charge in [0.05, 0.1) is 17.6 Å². The van der Waals surface area contributed by atoms with Crippen LogP contribution in [0.2, 0.25) is 0 Å². The van der Waals surface area contributed by atoms with Crippen molar-refractivity contribution in [3.63, 3.8) is 0 Å². The molecule has 3 rings (SSSR count). The van der Waals surface area contributed by atoms with Gasteiger partial charge in [0, 0.05) is 19.3 Å². The van der Waals surface area contributed by atoms with Gasteiger partial charge in [0.1, 0.15) is 11.3 Å². The fourth-order valence-corrected chi connectivity index (χ4v) is 2.49. The van der Waals surface area contributed by atoms with Crippen LogP contribution in [0.1, 0.15) is 12.2 Å². The maximum Gasteiger partial charge on any atom is 0.184 e. The molecule has 0 fully saturated rings. The Bertz CT molecular complexity index is 754. The Morgan fingerprint density at radius 1 is 1.19 bits per heavy atom. The maximum atomic E-state index is 14.0. The van der Waals surface area contributed by atoms with Crippen molar-refractivity contribution in [3.05, 3.63) is 42.0 Å². The van der Waals surface area contributed by atoms with Crippen LogP contribution < -0.4 is 0 Å². The Labute approximate surface area is 124 Å². The quantitative estimate of drug-likeness (QED) is 0.681. The molecule has 0 aliphatic rings. The van der Waals surface area contributed by atoms with Crippen LogP contribution >= 0.6 is 11.6 Å². The molecular formula is C13H12ClF2N5. The first-order valence-electron chi connectivity index (χ1n) is 6.44. The summed E-state index contributed by atoms with van der Waals surface area (Å²) >= 11 is 5.85. The molecule has 8 heteroatoms. The lowest BCUT2D eigenvalue weighted by molar-refractivity contribution is 0.495. The Morgan fingerprint density at radius 3 is 2.76 bits per heavy atom. The minimum Gasteiger partial charge on any atom is -0.324 e. The maximum absolute atomic E-state index is 14.0. The minimum atomic E-state index is -0.892. The van der Waals surface area contributed by atoms with E-state index in [1.807, 2.05) is 0 Å². The standard InChI is InChI=1S/C13H12ClF2N5/c14-8-11-18-10-3-2-9(15)12(16)13(10)21(11)6-1-5-20-7-4-17-19-20/h2-4,7H,1,5-6,8H2. The molecular weight excluding hydrogens is 300 g/mol. The van der Waals surface area contributed by atoms with Crippen LogP contribution in [0.5, 0.6) is 0 Å². The number of hydrogen-bond acceptors (Lipinski definition) is 3. The molecule has 0 saturated heterocycles. The summed E-state index contributed by atoms with van der Waals surface area (Å²) in [6.07, 6.45) is 4.01. The molecule has 0 atom stereocenters. The van der Waals surface area contributed by atoms with E-state index in [4.69, 9.17) is 11.6 Å². The van der Waals surface area contributed by atoms with E-state index in [1.54, 1.807) is 21.6 Å². The van der Waals surface area contributed by atoms with E-state index in [9.17, 15) is 8.78 Å². The van der Waals surface area contributed by atoms with Crippen LogP contribution in [0.15, 0.2) is 24.5 Å². The number of hydrogen-bond donors (Lipinski definition) is 0. The second-order valence-corrected chi connectivity index (χ2v) is 4.83. The van der Waals surface area contributed by atoms with Gasteiger partial charge in [0.2, 0.25) is 0 Å². The summed E-state index contributed by atoms with van der Waals surface area (Å²) in [5.41, 5.74) is 0.564. The van der Waals surface area contributed by atoms with Crippen molar-refractivity contribution in [2.24, 2.45) is 0 Å². The molecule has 2 heterocycles. The lowest BCUT2D eigenvalue weighted by Gasteiger charge is -2.08. The number of rotatable bonds is 5. The van der Waals surface area contributed by atoms with Crippen molar-refractivity contribution in [2.75, 3.05) is 0 Å². The van der Waals surface area contributed by atoms with Crippen LogP contribution in [-0.4, -0.2) is 24.5 Å². The molecule has 0 unspecified atom stereocenters. The summed E-state index contributed by atoms with van der Waals surface area (Å²) in [4.78, 5) is 4.24. The third-order valence-electron chi connectivity index (χ3n) is 3.24. The largest absolute Gasteiger partial charge is 0.324 e. The van der Waals surface area contributed by atoms with Gasteiger partial charge >= 0.3 is 0 Å². The first-order chi connectivity index (χ1) is 10.2. The zero-order valence-corrected chi connectivity index (χ0v) is 11.8. The van der Waals surface area contributed by atoms with Gasteiger partial charge in [-0.3, -0.25) is 4.68 Å². The van der Waals surface area contributed by atoms with E-state index < -0.39 is 11.6 Å². The van der Waals surface area contributed by atoms with Gasteiger partial charge in [-0.2, -0.15) is 0 Å². The minimum absolute atomic E-state index is 0.138. The summed E-state index contributed by atoms with van der Waals surface area (Å²) in [7, 11) is 0. The molecule has 0 aliphatic carbocycles. The molecule has 3 aromatic rings. The summed E-state index contributed by atoms with van der Waals surface area (Å²) < 4.78 is 30.7. The normalized spacial score (nSPS) is 11.4. The molecule has 110 valence electrons. The van der Waals surface area contributed by atoms with E-state index in [2.05, 4.69) is 15.3 Å². The van der Waals surface area contributed by atoms with E-state index in [-0.39, 0.29) is 11.4 Å². The van der Waals surface area contributed by atoms with Crippen molar-refractivity contribution < 1.29 is 8.78 Å². The average Bonchev–Trinajstić information content (AvgIpc) is 3.11. The van der Waals surface area contributed by atoms with Gasteiger partial charge in [0.15, 0.2) is 11.6 Å². The van der Waals surface area contributed by atoms with Crippen molar-refractivity contribution >= 4 is 22.6 Å². The molecule has 0 bridgehead atoms. The highest BCUT2D eigenvalue weighted by Crippen LogP contribution is 2.23. The molecule has 21 heavy (non-hydrogen) atoms. The highest BCUT2D eigenvalue weighted by Gasteiger charge is 2.16. The fourth-order valence-electron chi connectivity index (χ4n) is 2.29. The molecule has 0 N–H and O–H groups in total. The lowest BCUT2D eigenvalue weighted by Crippen LogP contribution is -2.08. The second kappa shape index (κ2) is 5.77. The Balaban J connectivity index is 1.90. The first-order valence-corrected chi connectivity index (χ1v) is 6.97. The second-order valence-electron chi connectivity index (χ2n) is 4.56. The number of imidazole rings is 1. The summed E-state index contributed by atoms with van der Waals surface area (Å²) in [5, 5.41) is 7.56. The SMILES string of the molecule is Fc1ccc2nc(CCl)n(CCCn3ccnn3)c2c1F. The smallest absolute Gasteiger partial charge is 0.184 e. The number of benzene rings is 1. The molecule has 0 spiro atoms. The van der Waals surface area contributed by atoms with Gasteiger partial charge in [0.25, 0.3) is 0 Å². The van der Waals surface area contributed by atoms with Gasteiger partial charge in [-0.15, -0.1) is 16.7 Å². The first kappa shape index (κ1) is 13.9. The zero-order chi connectivity index (χ0) is 14.8. The number of halogens is 3. The van der Waals surface area contributed by atoms with Gasteiger partial charge in [-0.05, 0) is 18.6 Å². The highest BCUT2D eigenvalue weighted by atomic mass is 35.5. The van der Waals surface area contributed by atoms with Crippen molar-refractivity contribution in [2.45, 2.75) is 25.4 Å². The number of nitrogens with zero attached hydrogens (tertiary/aromatic N) is 5. The number of aryl methyl sites for hydroxylation is 2. The van der Waals surface area contributed by atoms with E-state index in [0.29, 0.717) is 30.9 Å². The Kier molecular flexibility index (Phi) is 3.83. The van der Waals surface area contributed by atoms with Gasteiger partial charge in [-0.1, -0.05) is 5.21 Å². The van der Waals surface area contributed by atoms with Crippen LogP contribution in [0.3, 0.4) is 0 Å². The predicted octanol–water partition coefficient (Wildman–Crippen LogP) is 2.74. The molecule has 0 radical (unpaired) electrons. The van der Waals surface area contributed by atoms with E-state index in [0.717, 1.165) is 6.07 Å². The highest BCUT2D eigenvalue weighted by molar-refractivity contribution is 6.16. The Morgan fingerprint density at radius 2 is 2.05 bits per heavy atom. The third kappa shape index (κ3) is 2.61. The van der Waals surface area contributed by atoms with Gasteiger partial charge in [-0.25, -0.2) is 13.8 Å². The van der Waals surface area contributed by atoms with Crippen molar-refractivity contribution in [1.82, 2.24) is 24.5 Å². The average molecular weight is 312 g/mol. The summed E-state index contributed by atoms with van der Waals surface area (Å²) in [6, 6.07) is 2.53. The summed E-state index contributed by atoms with van der Waals surface area (Å²) in [6.45, 7) is 1.09. The lowest BCUT2D eigenvalue weighted by atomic mass is 10.3. The van der Waals surface area contributed by atoms with Crippen LogP contribution in [-0.2, 0) is 19.0 Å². The van der Waals surface area contributed by atoms with Crippen LogP contribution in [0.25, 0.3) is 11.0 Å². The molecule has 0 amide bonds. The van der Waals surface area contributed by atoms with E-state index in [1.165, 1.54) is 6.07 Å². The molecule has 0 aliphatic heterocycles. The number of fused-ring (bicyclic) bond motifs is 1. The van der Waals surface area contributed by atoms with Crippen LogP contribution in [0, 0.1) is 11.6 Å². The third-order valence-corrected chi connectivity index (χ3v) is 3.48. The number of alkyl halides is 1. The topological polar surface area (TPSA) is 48.5 Å². The van der Waals surface area contributed by atoms with Crippen molar-refractivity contribution in [3.8, 4) is 0 Å². The molecule has 1 aromatic carbocycles. The van der Waals surface area contributed by atoms with Gasteiger partial charge < -0.3 is 4.57 Å². The molecule has 0 saturated carbocycles. The van der Waals surface area contributed by atoms with Crippen LogP contribution in [0.4, 0.5) is 8.78 Å². The monoisotopic (exact) mass is 311 g/mol. The zero-order valence-electron chi connectivity index (χ0n) is 11.0. The predicted molar refractivity (Wildman–Crippen MR) is 73.8 cm³/mol. The number of aromatic nitrogens is 5. The molecule has 5 nitrogen and oxygen atoms in total. The fraction of sp³-hybridized carbons (Fsp3) is 0.308. The molecule has 2 aromatic heterocycles.